The number of carboxylic acid groups (broad SMARTS) is 2. The number of methoxy groups -OCH3 is 1. The highest BCUT2D eigenvalue weighted by Gasteiger charge is 2.28. The maximum Gasteiger partial charge on any atom is 0.342 e. The van der Waals surface area contributed by atoms with E-state index in [0.717, 1.165) is 11.8 Å². The second-order valence-corrected chi connectivity index (χ2v) is 7.04. The number of pyridine rings is 1. The Bertz CT molecular complexity index is 1000. The van der Waals surface area contributed by atoms with E-state index in [1.54, 1.807) is 12.1 Å². The predicted molar refractivity (Wildman–Crippen MR) is 101 cm³/mol. The normalized spacial score (nSPS) is 10.4. The number of nitrogens with two attached hydrogens (primary N) is 1. The Morgan fingerprint density at radius 1 is 1.22 bits per heavy atom. The van der Waals surface area contributed by atoms with Gasteiger partial charge < -0.3 is 25.7 Å². The molecular formula is C16H13BrN2O7S. The van der Waals surface area contributed by atoms with E-state index < -0.39 is 40.4 Å². The van der Waals surface area contributed by atoms with Gasteiger partial charge in [-0.3, -0.25) is 9.59 Å². The monoisotopic (exact) mass is 456 g/mol. The number of aromatic nitrogens is 1. The minimum atomic E-state index is -1.61. The molecule has 0 atom stereocenters. The Balaban J connectivity index is 2.85. The highest BCUT2D eigenvalue weighted by atomic mass is 79.9. The number of H-pyrrole nitrogens is 1. The number of hydrogen-bond acceptors (Lipinski definition) is 7. The summed E-state index contributed by atoms with van der Waals surface area (Å²) in [4.78, 5) is 49.4. The van der Waals surface area contributed by atoms with Crippen molar-refractivity contribution in [2.75, 3.05) is 18.6 Å². The fourth-order valence-electron chi connectivity index (χ4n) is 2.33. The third kappa shape index (κ3) is 4.31. The first kappa shape index (κ1) is 20.5. The Labute approximate surface area is 164 Å². The summed E-state index contributed by atoms with van der Waals surface area (Å²) < 4.78 is 5.18. The van der Waals surface area contributed by atoms with Crippen LogP contribution in [0.1, 0.15) is 20.7 Å². The van der Waals surface area contributed by atoms with Crippen molar-refractivity contribution < 1.29 is 29.3 Å². The van der Waals surface area contributed by atoms with Gasteiger partial charge in [-0.05, 0) is 17.7 Å². The third-order valence-electron chi connectivity index (χ3n) is 3.46. The molecule has 0 aliphatic rings. The lowest BCUT2D eigenvalue weighted by atomic mass is 9.95. The molecule has 0 saturated carbocycles. The number of carbonyl (C=O) groups excluding carboxylic acids is 1. The molecule has 142 valence electrons. The van der Waals surface area contributed by atoms with Crippen molar-refractivity contribution in [3.63, 3.8) is 0 Å². The van der Waals surface area contributed by atoms with Gasteiger partial charge in [0.2, 0.25) is 0 Å². The molecule has 0 aliphatic carbocycles. The fourth-order valence-corrected chi connectivity index (χ4v) is 3.77. The molecule has 27 heavy (non-hydrogen) atoms. The van der Waals surface area contributed by atoms with Gasteiger partial charge in [0, 0.05) is 14.9 Å². The van der Waals surface area contributed by atoms with Gasteiger partial charge in [0.05, 0.1) is 12.9 Å². The molecule has 5 N–H and O–H groups in total. The Morgan fingerprint density at radius 3 is 2.41 bits per heavy atom. The summed E-state index contributed by atoms with van der Waals surface area (Å²) in [6, 6.07) is 4.56. The first-order chi connectivity index (χ1) is 12.7. The molecule has 0 amide bonds. The van der Waals surface area contributed by atoms with Crippen LogP contribution in [0.25, 0.3) is 11.1 Å². The van der Waals surface area contributed by atoms with Crippen molar-refractivity contribution >= 4 is 51.4 Å². The minimum Gasteiger partial charge on any atom is -0.478 e. The number of esters is 1. The largest absolute Gasteiger partial charge is 0.478 e. The van der Waals surface area contributed by atoms with E-state index in [9.17, 15) is 29.4 Å². The zero-order valence-electron chi connectivity index (χ0n) is 13.7. The molecule has 1 aromatic carbocycles. The third-order valence-corrected chi connectivity index (χ3v) is 4.98. The standard InChI is InChI=1S/C16H13BrN2O7S/c1-26-9(20)5-27-8-4-6(17)2-3-7(8)10-11(15(22)23)13(18)19-14(21)12(10)16(24)25/h2-4H,5H2,1H3,(H,22,23)(H,24,25)(H3,18,19,21). The van der Waals surface area contributed by atoms with Crippen LogP contribution in [-0.4, -0.2) is 46.0 Å². The van der Waals surface area contributed by atoms with Crippen LogP contribution in [0, 0.1) is 0 Å². The summed E-state index contributed by atoms with van der Waals surface area (Å²) in [6.07, 6.45) is 0. The zero-order valence-corrected chi connectivity index (χ0v) is 16.1. The molecule has 0 spiro atoms. The molecular weight excluding hydrogens is 444 g/mol. The number of halogens is 1. The molecule has 0 radical (unpaired) electrons. The number of aromatic carboxylic acids is 2. The number of nitrogens with one attached hydrogen (secondary N) is 1. The van der Waals surface area contributed by atoms with Gasteiger partial charge in [0.1, 0.15) is 16.9 Å². The molecule has 0 saturated heterocycles. The second-order valence-electron chi connectivity index (χ2n) is 5.11. The molecule has 0 unspecified atom stereocenters. The summed E-state index contributed by atoms with van der Waals surface area (Å²) in [6.45, 7) is 0. The van der Waals surface area contributed by atoms with Crippen molar-refractivity contribution in [1.82, 2.24) is 4.98 Å². The van der Waals surface area contributed by atoms with Crippen LogP contribution >= 0.6 is 27.7 Å². The van der Waals surface area contributed by atoms with E-state index in [4.69, 9.17) is 5.73 Å². The molecule has 11 heteroatoms. The quantitative estimate of drug-likeness (QED) is 0.376. The maximum atomic E-state index is 12.1. The lowest BCUT2D eigenvalue weighted by molar-refractivity contribution is -0.137. The van der Waals surface area contributed by atoms with Gasteiger partial charge >= 0.3 is 17.9 Å². The van der Waals surface area contributed by atoms with Crippen LogP contribution in [0.2, 0.25) is 0 Å². The average molecular weight is 457 g/mol. The number of carbonyl (C=O) groups is 3. The van der Waals surface area contributed by atoms with E-state index >= 15 is 0 Å². The van der Waals surface area contributed by atoms with Gasteiger partial charge in [-0.15, -0.1) is 11.8 Å². The number of thioether (sulfide) groups is 1. The summed E-state index contributed by atoms with van der Waals surface area (Å²) in [5.41, 5.74) is 3.09. The Morgan fingerprint density at radius 2 is 1.85 bits per heavy atom. The van der Waals surface area contributed by atoms with Gasteiger partial charge in [0.15, 0.2) is 0 Å². The van der Waals surface area contributed by atoms with Crippen molar-refractivity contribution in [1.29, 1.82) is 0 Å². The topological polar surface area (TPSA) is 160 Å². The van der Waals surface area contributed by atoms with E-state index in [-0.39, 0.29) is 16.9 Å². The van der Waals surface area contributed by atoms with Crippen LogP contribution in [0.4, 0.5) is 5.82 Å². The highest BCUT2D eigenvalue weighted by molar-refractivity contribution is 9.10. The van der Waals surface area contributed by atoms with Crippen molar-refractivity contribution in [3.05, 3.63) is 44.2 Å². The van der Waals surface area contributed by atoms with Crippen molar-refractivity contribution in [2.45, 2.75) is 4.90 Å². The zero-order chi connectivity index (χ0) is 20.3. The summed E-state index contributed by atoms with van der Waals surface area (Å²) >= 11 is 4.26. The fraction of sp³-hybridized carbons (Fsp3) is 0.125. The number of nitrogen functional groups attached to an aromatic ring is 1. The van der Waals surface area contributed by atoms with E-state index in [1.807, 2.05) is 4.98 Å². The van der Waals surface area contributed by atoms with Crippen LogP contribution in [0.5, 0.6) is 0 Å². The SMILES string of the molecule is COC(=O)CSc1cc(Br)ccc1-c1c(C(=O)O)c(N)[nH]c(=O)c1C(=O)O. The van der Waals surface area contributed by atoms with Gasteiger partial charge in [-0.2, -0.15) is 0 Å². The van der Waals surface area contributed by atoms with Gasteiger partial charge in [-0.1, -0.05) is 22.0 Å². The number of rotatable bonds is 6. The number of aromatic amines is 1. The van der Waals surface area contributed by atoms with Crippen molar-refractivity contribution in [3.8, 4) is 11.1 Å². The maximum absolute atomic E-state index is 12.1. The average Bonchev–Trinajstić information content (AvgIpc) is 2.58. The molecule has 1 heterocycles. The molecule has 9 nitrogen and oxygen atoms in total. The van der Waals surface area contributed by atoms with Crippen LogP contribution < -0.4 is 11.3 Å². The smallest absolute Gasteiger partial charge is 0.342 e. The first-order valence-electron chi connectivity index (χ1n) is 7.19. The molecule has 2 aromatic rings. The summed E-state index contributed by atoms with van der Waals surface area (Å²) in [7, 11) is 1.22. The molecule has 2 rings (SSSR count). The predicted octanol–water partition coefficient (Wildman–Crippen LogP) is 2.05. The van der Waals surface area contributed by atoms with Crippen LogP contribution in [0.15, 0.2) is 32.4 Å². The molecule has 0 bridgehead atoms. The Kier molecular flexibility index (Phi) is 6.28. The molecule has 0 aliphatic heterocycles. The van der Waals surface area contributed by atoms with E-state index in [1.165, 1.54) is 13.2 Å². The summed E-state index contributed by atoms with van der Waals surface area (Å²) in [5, 5.41) is 19.0. The molecule has 1 aromatic heterocycles. The highest BCUT2D eigenvalue weighted by Crippen LogP contribution is 2.38. The number of anilines is 1. The van der Waals surface area contributed by atoms with Crippen molar-refractivity contribution in [2.24, 2.45) is 0 Å². The van der Waals surface area contributed by atoms with Gasteiger partial charge in [-0.25, -0.2) is 9.59 Å². The second kappa shape index (κ2) is 8.27. The lowest BCUT2D eigenvalue weighted by Crippen LogP contribution is -2.24. The molecule has 0 fully saturated rings. The van der Waals surface area contributed by atoms with E-state index in [2.05, 4.69) is 20.7 Å². The number of ether oxygens (including phenoxy) is 1. The van der Waals surface area contributed by atoms with Crippen LogP contribution in [-0.2, 0) is 9.53 Å². The van der Waals surface area contributed by atoms with E-state index in [0.29, 0.717) is 9.37 Å². The summed E-state index contributed by atoms with van der Waals surface area (Å²) in [5.74, 6) is -4.23. The Hall–Kier alpha value is -2.79. The minimum absolute atomic E-state index is 0.108. The first-order valence-corrected chi connectivity index (χ1v) is 8.97. The van der Waals surface area contributed by atoms with Gasteiger partial charge in [0.25, 0.3) is 5.56 Å². The number of carboxylic acids is 2. The van der Waals surface area contributed by atoms with Crippen LogP contribution in [0.3, 0.4) is 0 Å². The number of hydrogen-bond donors (Lipinski definition) is 4. The number of benzene rings is 1. The lowest BCUT2D eigenvalue weighted by Gasteiger charge is -2.15.